The SMILES string of the molecule is CN1CCOC(CNCCCOCCCl)C1. The minimum Gasteiger partial charge on any atom is -0.380 e. The van der Waals surface area contributed by atoms with Gasteiger partial charge >= 0.3 is 0 Å². The van der Waals surface area contributed by atoms with Crippen molar-refractivity contribution in [3.8, 4) is 0 Å². The van der Waals surface area contributed by atoms with Crippen LogP contribution in [0.5, 0.6) is 0 Å². The molecule has 0 aliphatic carbocycles. The van der Waals surface area contributed by atoms with Gasteiger partial charge in [-0.3, -0.25) is 0 Å². The van der Waals surface area contributed by atoms with E-state index >= 15 is 0 Å². The maximum Gasteiger partial charge on any atom is 0.0826 e. The highest BCUT2D eigenvalue weighted by atomic mass is 35.5. The molecule has 0 aromatic carbocycles. The molecule has 1 N–H and O–H groups in total. The van der Waals surface area contributed by atoms with E-state index in [1.165, 1.54) is 0 Å². The summed E-state index contributed by atoms with van der Waals surface area (Å²) in [6, 6.07) is 0. The quantitative estimate of drug-likeness (QED) is 0.504. The highest BCUT2D eigenvalue weighted by Gasteiger charge is 2.16. The van der Waals surface area contributed by atoms with Crippen LogP contribution in [0.2, 0.25) is 0 Å². The summed E-state index contributed by atoms with van der Waals surface area (Å²) in [6.07, 6.45) is 1.36. The van der Waals surface area contributed by atoms with Gasteiger partial charge < -0.3 is 19.7 Å². The van der Waals surface area contributed by atoms with Crippen LogP contribution in [0.1, 0.15) is 6.42 Å². The smallest absolute Gasteiger partial charge is 0.0826 e. The van der Waals surface area contributed by atoms with Crippen LogP contribution in [0.25, 0.3) is 0 Å². The van der Waals surface area contributed by atoms with Crippen molar-refractivity contribution in [2.24, 2.45) is 0 Å². The largest absolute Gasteiger partial charge is 0.380 e. The average Bonchev–Trinajstić information content (AvgIpc) is 2.28. The van der Waals surface area contributed by atoms with Gasteiger partial charge in [-0.25, -0.2) is 0 Å². The molecular weight excluding hydrogens is 228 g/mol. The van der Waals surface area contributed by atoms with E-state index in [0.29, 0.717) is 18.6 Å². The van der Waals surface area contributed by atoms with E-state index in [4.69, 9.17) is 21.1 Å². The second-order valence-electron chi connectivity index (χ2n) is 4.11. The number of halogens is 1. The Balaban J connectivity index is 1.86. The molecule has 0 aromatic rings. The lowest BCUT2D eigenvalue weighted by Crippen LogP contribution is -2.45. The zero-order chi connectivity index (χ0) is 11.6. The summed E-state index contributed by atoms with van der Waals surface area (Å²) < 4.78 is 10.9. The number of hydrogen-bond donors (Lipinski definition) is 1. The van der Waals surface area contributed by atoms with Crippen molar-refractivity contribution in [1.82, 2.24) is 10.2 Å². The van der Waals surface area contributed by atoms with Gasteiger partial charge in [0.15, 0.2) is 0 Å². The zero-order valence-electron chi connectivity index (χ0n) is 10.1. The molecule has 1 rings (SSSR count). The summed E-state index contributed by atoms with van der Waals surface area (Å²) in [5, 5.41) is 3.39. The first-order chi connectivity index (χ1) is 7.83. The predicted octanol–water partition coefficient (Wildman–Crippen LogP) is 0.552. The fraction of sp³-hybridized carbons (Fsp3) is 1.00. The lowest BCUT2D eigenvalue weighted by Gasteiger charge is -2.30. The van der Waals surface area contributed by atoms with Crippen LogP contribution in [0.15, 0.2) is 0 Å². The summed E-state index contributed by atoms with van der Waals surface area (Å²) in [7, 11) is 2.13. The van der Waals surface area contributed by atoms with Crippen LogP contribution in [0, 0.1) is 0 Å². The van der Waals surface area contributed by atoms with Crippen molar-refractivity contribution in [2.75, 3.05) is 58.9 Å². The van der Waals surface area contributed by atoms with Crippen molar-refractivity contribution in [3.05, 3.63) is 0 Å². The van der Waals surface area contributed by atoms with E-state index in [1.807, 2.05) is 0 Å². The summed E-state index contributed by atoms with van der Waals surface area (Å²) in [5.41, 5.74) is 0. The maximum absolute atomic E-state index is 5.64. The van der Waals surface area contributed by atoms with Crippen molar-refractivity contribution < 1.29 is 9.47 Å². The first kappa shape index (κ1) is 14.2. The molecule has 0 spiro atoms. The molecule has 0 amide bonds. The van der Waals surface area contributed by atoms with Crippen molar-refractivity contribution in [1.29, 1.82) is 0 Å². The molecule has 1 unspecified atom stereocenters. The van der Waals surface area contributed by atoms with Crippen molar-refractivity contribution in [2.45, 2.75) is 12.5 Å². The fourth-order valence-electron chi connectivity index (χ4n) is 1.71. The van der Waals surface area contributed by atoms with Crippen LogP contribution < -0.4 is 5.32 Å². The number of alkyl halides is 1. The van der Waals surface area contributed by atoms with Crippen LogP contribution in [0.3, 0.4) is 0 Å². The fourth-order valence-corrected chi connectivity index (χ4v) is 1.82. The van der Waals surface area contributed by atoms with E-state index in [0.717, 1.165) is 45.8 Å². The molecule has 5 heteroatoms. The van der Waals surface area contributed by atoms with Gasteiger partial charge in [0.1, 0.15) is 0 Å². The minimum atomic E-state index is 0.336. The third-order valence-electron chi connectivity index (χ3n) is 2.58. The van der Waals surface area contributed by atoms with Gasteiger partial charge in [-0.15, -0.1) is 11.6 Å². The van der Waals surface area contributed by atoms with Gasteiger partial charge in [0.2, 0.25) is 0 Å². The van der Waals surface area contributed by atoms with E-state index in [2.05, 4.69) is 17.3 Å². The highest BCUT2D eigenvalue weighted by molar-refractivity contribution is 6.17. The molecule has 16 heavy (non-hydrogen) atoms. The van der Waals surface area contributed by atoms with E-state index in [1.54, 1.807) is 0 Å². The molecule has 0 radical (unpaired) electrons. The first-order valence-electron chi connectivity index (χ1n) is 5.97. The van der Waals surface area contributed by atoms with Gasteiger partial charge in [-0.05, 0) is 20.0 Å². The summed E-state index contributed by atoms with van der Waals surface area (Å²) in [5.74, 6) is 0.579. The molecule has 1 heterocycles. The standard InChI is InChI=1S/C11H23ClN2O2/c1-14-5-8-16-11(10-14)9-13-4-2-6-15-7-3-12/h11,13H,2-10H2,1H3. The highest BCUT2D eigenvalue weighted by Crippen LogP contribution is 2.01. The summed E-state index contributed by atoms with van der Waals surface area (Å²) in [6.45, 7) is 6.26. The molecule has 1 aliphatic rings. The Morgan fingerprint density at radius 2 is 2.38 bits per heavy atom. The third-order valence-corrected chi connectivity index (χ3v) is 2.73. The Hall–Kier alpha value is 0.130. The maximum atomic E-state index is 5.64. The van der Waals surface area contributed by atoms with Crippen molar-refractivity contribution in [3.63, 3.8) is 0 Å². The monoisotopic (exact) mass is 250 g/mol. The Morgan fingerprint density at radius 3 is 3.12 bits per heavy atom. The Kier molecular flexibility index (Phi) is 8.15. The van der Waals surface area contributed by atoms with Crippen LogP contribution in [-0.2, 0) is 9.47 Å². The second kappa shape index (κ2) is 9.19. The van der Waals surface area contributed by atoms with Crippen LogP contribution in [-0.4, -0.2) is 69.9 Å². The molecule has 1 fully saturated rings. The van der Waals surface area contributed by atoms with Crippen LogP contribution in [0.4, 0.5) is 0 Å². The molecule has 1 saturated heterocycles. The lowest BCUT2D eigenvalue weighted by molar-refractivity contribution is -0.0181. The number of nitrogens with zero attached hydrogens (tertiary/aromatic N) is 1. The average molecular weight is 251 g/mol. The van der Waals surface area contributed by atoms with E-state index in [-0.39, 0.29) is 0 Å². The Morgan fingerprint density at radius 1 is 1.50 bits per heavy atom. The Bertz CT molecular complexity index is 172. The Labute approximate surface area is 103 Å². The van der Waals surface area contributed by atoms with Gasteiger partial charge in [-0.1, -0.05) is 0 Å². The number of rotatable bonds is 8. The number of nitrogens with one attached hydrogen (secondary N) is 1. The number of ether oxygens (including phenoxy) is 2. The molecule has 0 saturated carbocycles. The normalized spacial score (nSPS) is 22.5. The lowest BCUT2D eigenvalue weighted by atomic mass is 10.3. The molecule has 4 nitrogen and oxygen atoms in total. The predicted molar refractivity (Wildman–Crippen MR) is 66.3 cm³/mol. The van der Waals surface area contributed by atoms with Crippen molar-refractivity contribution >= 4 is 11.6 Å². The summed E-state index contributed by atoms with van der Waals surface area (Å²) in [4.78, 5) is 2.30. The molecule has 1 aliphatic heterocycles. The molecule has 0 aromatic heterocycles. The van der Waals surface area contributed by atoms with E-state index in [9.17, 15) is 0 Å². The first-order valence-corrected chi connectivity index (χ1v) is 6.51. The third kappa shape index (κ3) is 6.66. The number of morpholine rings is 1. The van der Waals surface area contributed by atoms with Gasteiger partial charge in [0, 0.05) is 32.1 Å². The molecule has 96 valence electrons. The van der Waals surface area contributed by atoms with E-state index < -0.39 is 0 Å². The number of hydrogen-bond acceptors (Lipinski definition) is 4. The second-order valence-corrected chi connectivity index (χ2v) is 4.49. The number of likely N-dealkylation sites (N-methyl/N-ethyl adjacent to an activating group) is 1. The summed E-state index contributed by atoms with van der Waals surface area (Å²) >= 11 is 5.50. The van der Waals surface area contributed by atoms with Gasteiger partial charge in [0.25, 0.3) is 0 Å². The van der Waals surface area contributed by atoms with Gasteiger partial charge in [0.05, 0.1) is 19.3 Å². The zero-order valence-corrected chi connectivity index (χ0v) is 10.8. The topological polar surface area (TPSA) is 33.7 Å². The molecule has 1 atom stereocenters. The molecule has 0 bridgehead atoms. The molecular formula is C11H23ClN2O2. The van der Waals surface area contributed by atoms with Gasteiger partial charge in [-0.2, -0.15) is 0 Å². The van der Waals surface area contributed by atoms with Crippen LogP contribution >= 0.6 is 11.6 Å². The minimum absolute atomic E-state index is 0.336.